The minimum absolute atomic E-state index is 0.0858. The van der Waals surface area contributed by atoms with Crippen molar-refractivity contribution in [2.75, 3.05) is 13.2 Å². The molecule has 480 valence electrons. The maximum absolute atomic E-state index is 12.9. The third-order valence-electron chi connectivity index (χ3n) is 15.9. The van der Waals surface area contributed by atoms with Gasteiger partial charge in [0.2, 0.25) is 0 Å². The predicted octanol–water partition coefficient (Wildman–Crippen LogP) is 25.0. The van der Waals surface area contributed by atoms with Crippen LogP contribution in [0.3, 0.4) is 0 Å². The van der Waals surface area contributed by atoms with E-state index in [4.69, 9.17) is 14.2 Å². The van der Waals surface area contributed by atoms with Crippen LogP contribution < -0.4 is 0 Å². The number of hydrogen-bond acceptors (Lipinski definition) is 6. The summed E-state index contributed by atoms with van der Waals surface area (Å²) in [6.07, 6.45) is 94.9. The van der Waals surface area contributed by atoms with Crippen LogP contribution in [0.4, 0.5) is 0 Å². The minimum Gasteiger partial charge on any atom is -0.462 e. The van der Waals surface area contributed by atoms with Crippen molar-refractivity contribution in [1.29, 1.82) is 0 Å². The van der Waals surface area contributed by atoms with Gasteiger partial charge in [0, 0.05) is 19.3 Å². The quantitative estimate of drug-likeness (QED) is 0.0261. The average molecular weight is 1160 g/mol. The Hall–Kier alpha value is -3.41. The second-order valence-electron chi connectivity index (χ2n) is 24.1. The fourth-order valence-electron chi connectivity index (χ4n) is 10.5. The van der Waals surface area contributed by atoms with Gasteiger partial charge in [0.1, 0.15) is 13.2 Å². The van der Waals surface area contributed by atoms with Gasteiger partial charge in [0.25, 0.3) is 0 Å². The Morgan fingerprint density at radius 2 is 0.470 bits per heavy atom. The van der Waals surface area contributed by atoms with Crippen LogP contribution in [0.25, 0.3) is 0 Å². The fraction of sp³-hybridized carbons (Fsp3) is 0.779. The van der Waals surface area contributed by atoms with Gasteiger partial charge in [0.15, 0.2) is 6.10 Å². The molecule has 0 aliphatic rings. The summed E-state index contributed by atoms with van der Waals surface area (Å²) in [4.78, 5) is 38.4. The summed E-state index contributed by atoms with van der Waals surface area (Å²) in [6.45, 7) is 6.51. The van der Waals surface area contributed by atoms with Crippen molar-refractivity contribution in [2.45, 2.75) is 374 Å². The van der Waals surface area contributed by atoms with E-state index < -0.39 is 6.10 Å². The molecular weight excluding hydrogens is 1020 g/mol. The topological polar surface area (TPSA) is 78.9 Å². The maximum atomic E-state index is 12.9. The highest BCUT2D eigenvalue weighted by Crippen LogP contribution is 2.18. The van der Waals surface area contributed by atoms with Crippen LogP contribution in [0.1, 0.15) is 367 Å². The van der Waals surface area contributed by atoms with Gasteiger partial charge >= 0.3 is 17.9 Å². The molecule has 0 N–H and O–H groups in total. The number of allylic oxidation sites excluding steroid dienone is 14. The molecule has 0 aliphatic carbocycles. The normalized spacial score (nSPS) is 12.6. The molecule has 0 amide bonds. The largest absolute Gasteiger partial charge is 0.462 e. The third-order valence-corrected chi connectivity index (χ3v) is 15.9. The van der Waals surface area contributed by atoms with E-state index in [1.165, 1.54) is 218 Å². The standard InChI is InChI=1S/C77H136O6/c1-4-7-10-13-16-19-22-25-27-29-30-31-32-33-34-35-36-37-38-39-40-41-42-43-44-45-46-48-49-52-55-58-61-64-67-70-76(79)82-73-74(72-81-75(78)69-66-63-60-57-54-51-24-21-18-15-12-9-6-3)83-77(80)71-68-65-62-59-56-53-50-47-28-26-23-20-17-14-11-8-5-2/h8,11,17,20-22,24-26,28-30,50,53,74H,4-7,9-10,12-16,18-19,23,27,31-49,51-52,54-73H2,1-3H3/b11-8-,20-17-,24-21-,25-22-,28-26-,30-29-,53-50-. The van der Waals surface area contributed by atoms with Gasteiger partial charge in [-0.1, -0.05) is 318 Å². The predicted molar refractivity (Wildman–Crippen MR) is 362 cm³/mol. The Bertz CT molecular complexity index is 1570. The van der Waals surface area contributed by atoms with Gasteiger partial charge in [-0.2, -0.15) is 0 Å². The summed E-state index contributed by atoms with van der Waals surface area (Å²) >= 11 is 0. The van der Waals surface area contributed by atoms with Gasteiger partial charge in [-0.05, 0) is 116 Å². The van der Waals surface area contributed by atoms with E-state index in [1.54, 1.807) is 0 Å². The van der Waals surface area contributed by atoms with Crippen LogP contribution in [0.15, 0.2) is 85.1 Å². The summed E-state index contributed by atoms with van der Waals surface area (Å²) in [7, 11) is 0. The smallest absolute Gasteiger partial charge is 0.306 e. The second kappa shape index (κ2) is 71.1. The molecule has 6 nitrogen and oxygen atoms in total. The molecule has 0 saturated heterocycles. The van der Waals surface area contributed by atoms with Crippen molar-refractivity contribution < 1.29 is 28.6 Å². The lowest BCUT2D eigenvalue weighted by Crippen LogP contribution is -2.30. The zero-order valence-electron chi connectivity index (χ0n) is 55.2. The number of carbonyl (C=O) groups is 3. The fourth-order valence-corrected chi connectivity index (χ4v) is 10.5. The zero-order valence-corrected chi connectivity index (χ0v) is 55.2. The van der Waals surface area contributed by atoms with Crippen molar-refractivity contribution in [3.8, 4) is 0 Å². The number of rotatable bonds is 66. The van der Waals surface area contributed by atoms with Gasteiger partial charge in [-0.15, -0.1) is 0 Å². The Morgan fingerprint density at radius 3 is 0.759 bits per heavy atom. The zero-order chi connectivity index (χ0) is 59.9. The summed E-state index contributed by atoms with van der Waals surface area (Å²) in [5, 5.41) is 0. The Kier molecular flexibility index (Phi) is 68.2. The number of carbonyl (C=O) groups excluding carboxylic acids is 3. The van der Waals surface area contributed by atoms with Gasteiger partial charge < -0.3 is 14.2 Å². The first-order valence-electron chi connectivity index (χ1n) is 36.1. The maximum Gasteiger partial charge on any atom is 0.306 e. The number of hydrogen-bond donors (Lipinski definition) is 0. The lowest BCUT2D eigenvalue weighted by atomic mass is 10.0. The highest BCUT2D eigenvalue weighted by molar-refractivity contribution is 5.71. The SMILES string of the molecule is CC/C=C\C/C=C\C/C=C\C/C=C\CCCCCCC(=O)OC(COC(=O)CCCCCCC/C=C\CCCCCC)COC(=O)CCCCCCCCCCCCCCCCCCCCCCCCC/C=C\C/C=C\CCCCCCC. The van der Waals surface area contributed by atoms with Gasteiger partial charge in [-0.3, -0.25) is 14.4 Å². The van der Waals surface area contributed by atoms with Crippen LogP contribution in [0.2, 0.25) is 0 Å². The molecule has 83 heavy (non-hydrogen) atoms. The lowest BCUT2D eigenvalue weighted by molar-refractivity contribution is -0.167. The molecule has 0 aromatic heterocycles. The summed E-state index contributed by atoms with van der Waals surface area (Å²) in [5.74, 6) is -0.902. The number of esters is 3. The second-order valence-corrected chi connectivity index (χ2v) is 24.1. The Labute approximate surface area is 515 Å². The van der Waals surface area contributed by atoms with Gasteiger partial charge in [0.05, 0.1) is 0 Å². The lowest BCUT2D eigenvalue weighted by Gasteiger charge is -2.18. The van der Waals surface area contributed by atoms with Crippen molar-refractivity contribution in [3.63, 3.8) is 0 Å². The summed E-state index contributed by atoms with van der Waals surface area (Å²) in [5.41, 5.74) is 0. The first kappa shape index (κ1) is 79.6. The molecule has 0 radical (unpaired) electrons. The van der Waals surface area contributed by atoms with Gasteiger partial charge in [-0.25, -0.2) is 0 Å². The van der Waals surface area contributed by atoms with Crippen molar-refractivity contribution >= 4 is 17.9 Å². The van der Waals surface area contributed by atoms with Crippen LogP contribution in [-0.4, -0.2) is 37.2 Å². The molecule has 0 aliphatic heterocycles. The van der Waals surface area contributed by atoms with E-state index in [9.17, 15) is 14.4 Å². The Morgan fingerprint density at radius 1 is 0.253 bits per heavy atom. The summed E-state index contributed by atoms with van der Waals surface area (Å²) in [6, 6.07) is 0. The number of ether oxygens (including phenoxy) is 3. The van der Waals surface area contributed by atoms with E-state index >= 15 is 0 Å². The van der Waals surface area contributed by atoms with Crippen molar-refractivity contribution in [1.82, 2.24) is 0 Å². The minimum atomic E-state index is -0.793. The molecule has 0 aromatic carbocycles. The molecular formula is C77H136O6. The van der Waals surface area contributed by atoms with E-state index in [0.717, 1.165) is 109 Å². The molecule has 1 atom stereocenters. The summed E-state index contributed by atoms with van der Waals surface area (Å²) < 4.78 is 16.9. The van der Waals surface area contributed by atoms with Crippen LogP contribution in [0.5, 0.6) is 0 Å². The Balaban J connectivity index is 4.12. The molecule has 0 fully saturated rings. The van der Waals surface area contributed by atoms with E-state index in [-0.39, 0.29) is 31.1 Å². The van der Waals surface area contributed by atoms with E-state index in [0.29, 0.717) is 19.3 Å². The van der Waals surface area contributed by atoms with Crippen LogP contribution >= 0.6 is 0 Å². The first-order chi connectivity index (χ1) is 41.0. The molecule has 0 rings (SSSR count). The third kappa shape index (κ3) is 69.3. The van der Waals surface area contributed by atoms with E-state index in [2.05, 4.69) is 106 Å². The highest BCUT2D eigenvalue weighted by atomic mass is 16.6. The molecule has 6 heteroatoms. The van der Waals surface area contributed by atoms with Crippen LogP contribution in [0, 0.1) is 0 Å². The first-order valence-corrected chi connectivity index (χ1v) is 36.1. The monoisotopic (exact) mass is 1160 g/mol. The van der Waals surface area contributed by atoms with Crippen LogP contribution in [-0.2, 0) is 28.6 Å². The highest BCUT2D eigenvalue weighted by Gasteiger charge is 2.19. The molecule has 0 heterocycles. The van der Waals surface area contributed by atoms with E-state index in [1.807, 2.05) is 0 Å². The average Bonchev–Trinajstić information content (AvgIpc) is 3.49. The molecule has 0 bridgehead atoms. The molecule has 0 aromatic rings. The molecule has 0 spiro atoms. The number of unbranched alkanes of at least 4 members (excludes halogenated alkanes) is 41. The molecule has 0 saturated carbocycles. The van der Waals surface area contributed by atoms with Crippen molar-refractivity contribution in [2.24, 2.45) is 0 Å². The molecule has 1 unspecified atom stereocenters. The van der Waals surface area contributed by atoms with Crippen molar-refractivity contribution in [3.05, 3.63) is 85.1 Å².